The molecule has 1 fully saturated rings. The Bertz CT molecular complexity index is 1790. The van der Waals surface area contributed by atoms with Crippen LogP contribution in [0.25, 0.3) is 16.9 Å². The van der Waals surface area contributed by atoms with Crippen LogP contribution in [-0.2, 0) is 27.1 Å². The summed E-state index contributed by atoms with van der Waals surface area (Å²) in [6, 6.07) is 10.0. The summed E-state index contributed by atoms with van der Waals surface area (Å²) in [7, 11) is -3.86. The Labute approximate surface area is 242 Å². The number of benzene rings is 2. The van der Waals surface area contributed by atoms with Crippen LogP contribution in [0.2, 0.25) is 0 Å². The molecule has 2 aromatic heterocycles. The van der Waals surface area contributed by atoms with E-state index in [0.29, 0.717) is 43.4 Å². The predicted molar refractivity (Wildman–Crippen MR) is 143 cm³/mol. The lowest BCUT2D eigenvalue weighted by Crippen LogP contribution is -2.41. The number of aromatic nitrogens is 3. The van der Waals surface area contributed by atoms with E-state index in [1.807, 2.05) is 0 Å². The molecule has 3 heterocycles. The highest BCUT2D eigenvalue weighted by molar-refractivity contribution is 7.89. The van der Waals surface area contributed by atoms with Crippen LogP contribution in [0.15, 0.2) is 65.7 Å². The van der Waals surface area contributed by atoms with Gasteiger partial charge in [-0.3, -0.25) is 4.90 Å². The zero-order valence-electron chi connectivity index (χ0n) is 22.2. The molecule has 2 aromatic carbocycles. The van der Waals surface area contributed by atoms with Crippen LogP contribution in [0.5, 0.6) is 0 Å². The van der Waals surface area contributed by atoms with Gasteiger partial charge in [-0.2, -0.15) is 31.4 Å². The van der Waals surface area contributed by atoms with Crippen LogP contribution in [-0.4, -0.2) is 67.3 Å². The van der Waals surface area contributed by atoms with Crippen LogP contribution in [0.4, 0.5) is 26.3 Å². The van der Waals surface area contributed by atoms with Crippen molar-refractivity contribution in [3.8, 4) is 23.1 Å². The highest BCUT2D eigenvalue weighted by Gasteiger charge is 2.36. The fourth-order valence-corrected chi connectivity index (χ4v) is 5.42. The predicted octanol–water partition coefficient (Wildman–Crippen LogP) is 4.44. The first-order valence-corrected chi connectivity index (χ1v) is 14.3. The van der Waals surface area contributed by atoms with Gasteiger partial charge in [-0.1, -0.05) is 30.0 Å². The number of ether oxygens (including phenoxy) is 1. The molecule has 226 valence electrons. The van der Waals surface area contributed by atoms with Crippen LogP contribution in [0.1, 0.15) is 22.4 Å². The molecule has 1 saturated heterocycles. The molecule has 8 nitrogen and oxygen atoms in total. The Balaban J connectivity index is 1.43. The minimum Gasteiger partial charge on any atom is -0.379 e. The van der Waals surface area contributed by atoms with Crippen molar-refractivity contribution in [3.63, 3.8) is 0 Å². The average Bonchev–Trinajstić information content (AvgIpc) is 3.38. The Morgan fingerprint density at radius 3 is 2.33 bits per heavy atom. The van der Waals surface area contributed by atoms with Gasteiger partial charge in [0.15, 0.2) is 11.3 Å². The van der Waals surface area contributed by atoms with Crippen molar-refractivity contribution in [2.75, 3.05) is 39.4 Å². The molecule has 15 heteroatoms. The molecule has 1 aliphatic rings. The van der Waals surface area contributed by atoms with Gasteiger partial charge in [0.05, 0.1) is 41.1 Å². The maximum absolute atomic E-state index is 13.9. The first-order chi connectivity index (χ1) is 20.3. The van der Waals surface area contributed by atoms with Crippen molar-refractivity contribution in [1.29, 1.82) is 0 Å². The molecule has 0 spiro atoms. The summed E-state index contributed by atoms with van der Waals surface area (Å²) in [5, 5.41) is 3.77. The van der Waals surface area contributed by atoms with Crippen molar-refractivity contribution < 1.29 is 39.5 Å². The van der Waals surface area contributed by atoms with Gasteiger partial charge in [0.25, 0.3) is 0 Å². The van der Waals surface area contributed by atoms with E-state index in [1.165, 1.54) is 24.3 Å². The van der Waals surface area contributed by atoms with E-state index < -0.39 is 33.6 Å². The van der Waals surface area contributed by atoms with E-state index in [4.69, 9.17) is 4.74 Å². The largest absolute Gasteiger partial charge is 0.433 e. The minimum absolute atomic E-state index is 0.00356. The second-order valence-corrected chi connectivity index (χ2v) is 11.3. The van der Waals surface area contributed by atoms with Crippen molar-refractivity contribution >= 4 is 15.7 Å². The van der Waals surface area contributed by atoms with Crippen molar-refractivity contribution in [2.45, 2.75) is 17.2 Å². The van der Waals surface area contributed by atoms with Gasteiger partial charge in [-0.05, 0) is 36.4 Å². The summed E-state index contributed by atoms with van der Waals surface area (Å²) < 4.78 is 115. The maximum atomic E-state index is 13.9. The van der Waals surface area contributed by atoms with E-state index in [0.717, 1.165) is 30.5 Å². The topological polar surface area (TPSA) is 88.8 Å². The molecule has 0 aliphatic carbocycles. The Hall–Kier alpha value is -3.97. The number of fused-ring (bicyclic) bond motifs is 1. The number of alkyl halides is 6. The molecular weight excluding hydrogens is 600 g/mol. The van der Waals surface area contributed by atoms with Crippen molar-refractivity contribution in [1.82, 2.24) is 24.2 Å². The van der Waals surface area contributed by atoms with Crippen molar-refractivity contribution in [3.05, 3.63) is 83.2 Å². The second-order valence-electron chi connectivity index (χ2n) is 9.52. The van der Waals surface area contributed by atoms with Crippen LogP contribution >= 0.6 is 0 Å². The molecule has 43 heavy (non-hydrogen) atoms. The van der Waals surface area contributed by atoms with Gasteiger partial charge >= 0.3 is 12.4 Å². The van der Waals surface area contributed by atoms with E-state index in [-0.39, 0.29) is 39.5 Å². The summed E-state index contributed by atoms with van der Waals surface area (Å²) in [6.45, 7) is 3.30. The van der Waals surface area contributed by atoms with Crippen LogP contribution in [0, 0.1) is 11.8 Å². The van der Waals surface area contributed by atoms with Crippen molar-refractivity contribution in [2.24, 2.45) is 0 Å². The molecule has 0 unspecified atom stereocenters. The van der Waals surface area contributed by atoms with Gasteiger partial charge in [0, 0.05) is 37.3 Å². The number of sulfonamides is 1. The van der Waals surface area contributed by atoms with E-state index in [2.05, 4.69) is 31.5 Å². The summed E-state index contributed by atoms with van der Waals surface area (Å²) in [5.41, 5.74) is -2.36. The molecule has 0 amide bonds. The van der Waals surface area contributed by atoms with E-state index in [1.54, 1.807) is 0 Å². The third-order valence-electron chi connectivity index (χ3n) is 6.58. The van der Waals surface area contributed by atoms with E-state index >= 15 is 0 Å². The fraction of sp³-hybridized carbons (Fsp3) is 0.286. The number of nitrogens with zero attached hydrogens (tertiary/aromatic N) is 4. The zero-order valence-corrected chi connectivity index (χ0v) is 23.0. The lowest BCUT2D eigenvalue weighted by atomic mass is 10.1. The monoisotopic (exact) mass is 623 g/mol. The minimum atomic E-state index is -4.87. The van der Waals surface area contributed by atoms with Gasteiger partial charge in [0.2, 0.25) is 10.0 Å². The number of rotatable bonds is 6. The molecule has 0 bridgehead atoms. The lowest BCUT2D eigenvalue weighted by Gasteiger charge is -2.26. The standard InChI is InChI=1S/C28H23F6N5O3S/c29-27(30,31)22-8-6-20(7-9-22)24-17-25(28(32,33)34)39-26(37-24)21(18-35-39)5-4-19-2-1-3-23(16-19)43(40,41)36-10-11-38-12-14-42-15-13-38/h1-3,6-9,16-18,36H,10-15H2. The molecule has 4 aromatic rings. The molecule has 5 rings (SSSR count). The van der Waals surface area contributed by atoms with Gasteiger partial charge in [-0.25, -0.2) is 22.6 Å². The summed E-state index contributed by atoms with van der Waals surface area (Å²) in [6.07, 6.45) is -8.40. The average molecular weight is 624 g/mol. The number of hydrogen-bond acceptors (Lipinski definition) is 6. The number of morpholine rings is 1. The van der Waals surface area contributed by atoms with Gasteiger partial charge in [-0.15, -0.1) is 0 Å². The van der Waals surface area contributed by atoms with Gasteiger partial charge in [0.1, 0.15) is 0 Å². The quantitative estimate of drug-likeness (QED) is 0.253. The number of hydrogen-bond donors (Lipinski definition) is 1. The van der Waals surface area contributed by atoms with Gasteiger partial charge < -0.3 is 4.74 Å². The Morgan fingerprint density at radius 2 is 1.65 bits per heavy atom. The zero-order chi connectivity index (χ0) is 30.8. The molecule has 1 aliphatic heterocycles. The fourth-order valence-electron chi connectivity index (χ4n) is 4.36. The lowest BCUT2D eigenvalue weighted by molar-refractivity contribution is -0.142. The van der Waals surface area contributed by atoms with Crippen LogP contribution < -0.4 is 4.72 Å². The number of nitrogens with one attached hydrogen (secondary N) is 1. The van der Waals surface area contributed by atoms with Crippen LogP contribution in [0.3, 0.4) is 0 Å². The molecule has 0 atom stereocenters. The smallest absolute Gasteiger partial charge is 0.379 e. The first kappa shape index (κ1) is 30.5. The first-order valence-electron chi connectivity index (χ1n) is 12.9. The van der Waals surface area contributed by atoms with E-state index in [9.17, 15) is 34.8 Å². The Kier molecular flexibility index (Phi) is 8.48. The summed E-state index contributed by atoms with van der Waals surface area (Å²) in [4.78, 5) is 6.25. The SMILES string of the molecule is O=S(=O)(NCCN1CCOCC1)c1cccc(C#Cc2cnn3c(C(F)(F)F)cc(-c4ccc(C(F)(F)F)cc4)nc23)c1. The highest BCUT2D eigenvalue weighted by atomic mass is 32.2. The number of halogens is 6. The third kappa shape index (κ3) is 7.16. The molecular formula is C28H23F6N5O3S. The highest BCUT2D eigenvalue weighted by Crippen LogP contribution is 2.34. The third-order valence-corrected chi connectivity index (χ3v) is 8.04. The Morgan fingerprint density at radius 1 is 0.930 bits per heavy atom. The second kappa shape index (κ2) is 12.0. The molecule has 0 saturated carbocycles. The summed E-state index contributed by atoms with van der Waals surface area (Å²) in [5.74, 6) is 5.43. The molecule has 1 N–H and O–H groups in total. The normalized spacial score (nSPS) is 14.9. The maximum Gasteiger partial charge on any atom is 0.433 e. The summed E-state index contributed by atoms with van der Waals surface area (Å²) >= 11 is 0. The molecule has 0 radical (unpaired) electrons.